The van der Waals surface area contributed by atoms with Gasteiger partial charge in [-0.25, -0.2) is 0 Å². The molecule has 1 N–H and O–H groups in total. The van der Waals surface area contributed by atoms with E-state index in [0.29, 0.717) is 12.1 Å². The Morgan fingerprint density at radius 3 is 2.31 bits per heavy atom. The van der Waals surface area contributed by atoms with E-state index in [1.807, 2.05) is 53.8 Å². The molecule has 2 aromatic carbocycles. The van der Waals surface area contributed by atoms with Crippen LogP contribution in [-0.4, -0.2) is 17.2 Å². The number of anilines is 1. The Bertz CT molecular complexity index is 1040. The van der Waals surface area contributed by atoms with E-state index in [2.05, 4.69) is 27.4 Å². The first-order valence-electron chi connectivity index (χ1n) is 12.1. The van der Waals surface area contributed by atoms with Crippen LogP contribution in [0.1, 0.15) is 63.1 Å². The average molecular weight is 448 g/mol. The Kier molecular flexibility index (Phi) is 6.92. The van der Waals surface area contributed by atoms with Gasteiger partial charge < -0.3 is 14.6 Å². The molecule has 2 aliphatic rings. The molecule has 0 unspecified atom stereocenters. The molecule has 1 aromatic heterocycles. The topological polar surface area (TPSA) is 38.5 Å². The number of ether oxygens (including phenoxy) is 1. The first kappa shape index (κ1) is 21.3. The number of benzene rings is 2. The van der Waals surface area contributed by atoms with Gasteiger partial charge in [-0.05, 0) is 62.1 Å². The zero-order chi connectivity index (χ0) is 21.6. The van der Waals surface area contributed by atoms with Crippen molar-refractivity contribution in [2.24, 2.45) is 4.99 Å². The van der Waals surface area contributed by atoms with E-state index in [-0.39, 0.29) is 0 Å². The van der Waals surface area contributed by atoms with E-state index in [0.717, 1.165) is 30.2 Å². The third kappa shape index (κ3) is 5.63. The predicted molar refractivity (Wildman–Crippen MR) is 133 cm³/mol. The summed E-state index contributed by atoms with van der Waals surface area (Å²) in [5.74, 6) is 1.72. The monoisotopic (exact) mass is 447 g/mol. The number of hydrogen-bond donors (Lipinski definition) is 1. The summed E-state index contributed by atoms with van der Waals surface area (Å²) < 4.78 is 8.44. The van der Waals surface area contributed by atoms with Crippen molar-refractivity contribution in [3.63, 3.8) is 0 Å². The number of nitrogens with one attached hydrogen (secondary N) is 1. The van der Waals surface area contributed by atoms with Crippen LogP contribution in [0.15, 0.2) is 65.0 Å². The van der Waals surface area contributed by atoms with Crippen molar-refractivity contribution in [3.8, 4) is 11.5 Å². The maximum Gasteiger partial charge on any atom is 0.185 e. The largest absolute Gasteiger partial charge is 0.457 e. The Balaban J connectivity index is 1.19. The molecule has 168 valence electrons. The van der Waals surface area contributed by atoms with E-state index in [4.69, 9.17) is 9.73 Å². The normalized spacial score (nSPS) is 17.8. The van der Waals surface area contributed by atoms with Crippen LogP contribution in [0.3, 0.4) is 0 Å². The molecule has 0 spiro atoms. The van der Waals surface area contributed by atoms with Crippen molar-refractivity contribution in [2.75, 3.05) is 11.9 Å². The molecular formula is C27H33N3OS. The van der Waals surface area contributed by atoms with Crippen LogP contribution in [0.4, 0.5) is 5.69 Å². The fourth-order valence-corrected chi connectivity index (χ4v) is 5.56. The molecule has 32 heavy (non-hydrogen) atoms. The molecule has 0 bridgehead atoms. The zero-order valence-electron chi connectivity index (χ0n) is 18.7. The summed E-state index contributed by atoms with van der Waals surface area (Å²) in [7, 11) is 0. The SMILES string of the molecule is c1ccc(Oc2ccc(NCCc3csc(=NC4CCCCCC4)n3C3CC3)cc2)cc1. The summed E-state index contributed by atoms with van der Waals surface area (Å²) in [5.41, 5.74) is 2.56. The minimum atomic E-state index is 0.531. The standard InChI is InChI=1S/C27H33N3OS/c1-2-5-9-22(8-4-1)29-27-30(23-14-15-23)24(20-32-27)18-19-28-21-12-16-26(17-13-21)31-25-10-6-3-7-11-25/h3,6-7,10-13,16-17,20,22-23,28H,1-2,4-5,8-9,14-15,18-19H2. The lowest BCUT2D eigenvalue weighted by molar-refractivity contribution is 0.483. The number of hydrogen-bond acceptors (Lipinski definition) is 4. The molecule has 0 radical (unpaired) electrons. The van der Waals surface area contributed by atoms with Gasteiger partial charge in [-0.2, -0.15) is 0 Å². The lowest BCUT2D eigenvalue weighted by atomic mass is 10.1. The number of aromatic nitrogens is 1. The van der Waals surface area contributed by atoms with E-state index in [1.165, 1.54) is 61.9 Å². The third-order valence-corrected chi connectivity index (χ3v) is 7.29. The first-order chi connectivity index (χ1) is 15.8. The second-order valence-corrected chi connectivity index (χ2v) is 9.84. The third-order valence-electron chi connectivity index (χ3n) is 6.39. The minimum Gasteiger partial charge on any atom is -0.457 e. The van der Waals surface area contributed by atoms with Crippen molar-refractivity contribution in [2.45, 2.75) is 69.9 Å². The van der Waals surface area contributed by atoms with Gasteiger partial charge in [-0.15, -0.1) is 11.3 Å². The smallest absolute Gasteiger partial charge is 0.185 e. The van der Waals surface area contributed by atoms with E-state index in [9.17, 15) is 0 Å². The van der Waals surface area contributed by atoms with Gasteiger partial charge >= 0.3 is 0 Å². The Morgan fingerprint density at radius 2 is 1.59 bits per heavy atom. The molecule has 0 atom stereocenters. The van der Waals surface area contributed by atoms with Crippen LogP contribution in [0.2, 0.25) is 0 Å². The summed E-state index contributed by atoms with van der Waals surface area (Å²) in [6.07, 6.45) is 11.6. The molecule has 2 aliphatic carbocycles. The average Bonchev–Trinajstić information content (AvgIpc) is 3.62. The lowest BCUT2D eigenvalue weighted by Gasteiger charge is -2.12. The van der Waals surface area contributed by atoms with E-state index < -0.39 is 0 Å². The summed E-state index contributed by atoms with van der Waals surface area (Å²) in [4.78, 5) is 6.48. The van der Waals surface area contributed by atoms with Crippen molar-refractivity contribution in [1.82, 2.24) is 4.57 Å². The highest BCUT2D eigenvalue weighted by Gasteiger charge is 2.27. The van der Waals surface area contributed by atoms with E-state index >= 15 is 0 Å². The van der Waals surface area contributed by atoms with Crippen LogP contribution in [0.5, 0.6) is 11.5 Å². The Labute approximate surface area is 195 Å². The van der Waals surface area contributed by atoms with Crippen molar-refractivity contribution < 1.29 is 4.74 Å². The Hall–Kier alpha value is -2.53. The van der Waals surface area contributed by atoms with Crippen LogP contribution >= 0.6 is 11.3 Å². The van der Waals surface area contributed by atoms with Gasteiger partial charge in [0.05, 0.1) is 6.04 Å². The quantitative estimate of drug-likeness (QED) is 0.379. The van der Waals surface area contributed by atoms with Gasteiger partial charge in [-0.3, -0.25) is 4.99 Å². The summed E-state index contributed by atoms with van der Waals surface area (Å²) in [6.45, 7) is 0.922. The molecule has 5 rings (SSSR count). The van der Waals surface area contributed by atoms with Gasteiger partial charge in [0.15, 0.2) is 4.80 Å². The minimum absolute atomic E-state index is 0.531. The molecule has 3 aromatic rings. The van der Waals surface area contributed by atoms with Crippen molar-refractivity contribution >= 4 is 17.0 Å². The number of rotatable bonds is 8. The predicted octanol–water partition coefficient (Wildman–Crippen LogP) is 6.95. The van der Waals surface area contributed by atoms with Gasteiger partial charge in [0.25, 0.3) is 0 Å². The first-order valence-corrected chi connectivity index (χ1v) is 13.0. The molecule has 0 aliphatic heterocycles. The second kappa shape index (κ2) is 10.4. The fraction of sp³-hybridized carbons (Fsp3) is 0.444. The summed E-state index contributed by atoms with van der Waals surface area (Å²) in [6, 6.07) is 19.3. The summed E-state index contributed by atoms with van der Waals surface area (Å²) >= 11 is 1.85. The number of nitrogens with zero attached hydrogens (tertiary/aromatic N) is 2. The highest BCUT2D eigenvalue weighted by atomic mass is 32.1. The Morgan fingerprint density at radius 1 is 0.875 bits per heavy atom. The van der Waals surface area contributed by atoms with Gasteiger partial charge in [0.2, 0.25) is 0 Å². The van der Waals surface area contributed by atoms with Crippen molar-refractivity contribution in [3.05, 3.63) is 70.5 Å². The van der Waals surface area contributed by atoms with Crippen molar-refractivity contribution in [1.29, 1.82) is 0 Å². The van der Waals surface area contributed by atoms with Gasteiger partial charge in [-0.1, -0.05) is 43.9 Å². The fourth-order valence-electron chi connectivity index (χ4n) is 4.50. The molecule has 1 heterocycles. The van der Waals surface area contributed by atoms with Crippen LogP contribution in [0, 0.1) is 0 Å². The molecule has 0 amide bonds. The highest BCUT2D eigenvalue weighted by Crippen LogP contribution is 2.35. The van der Waals surface area contributed by atoms with Gasteiger partial charge in [0.1, 0.15) is 11.5 Å². The molecule has 5 heteroatoms. The summed E-state index contributed by atoms with van der Waals surface area (Å²) in [5, 5.41) is 5.91. The van der Waals surface area contributed by atoms with Gasteiger partial charge in [0, 0.05) is 35.8 Å². The maximum atomic E-state index is 5.89. The zero-order valence-corrected chi connectivity index (χ0v) is 19.5. The lowest BCUT2D eigenvalue weighted by Crippen LogP contribution is -2.21. The van der Waals surface area contributed by atoms with Crippen LogP contribution in [0.25, 0.3) is 0 Å². The number of para-hydroxylation sites is 1. The molecule has 4 nitrogen and oxygen atoms in total. The second-order valence-electron chi connectivity index (χ2n) is 9.00. The molecule has 2 saturated carbocycles. The highest BCUT2D eigenvalue weighted by molar-refractivity contribution is 7.07. The van der Waals surface area contributed by atoms with Crippen LogP contribution in [-0.2, 0) is 6.42 Å². The molecular weight excluding hydrogens is 414 g/mol. The molecule has 2 fully saturated rings. The molecule has 0 saturated heterocycles. The maximum absolute atomic E-state index is 5.89. The number of thiazole rings is 1. The van der Waals surface area contributed by atoms with Crippen LogP contribution < -0.4 is 14.9 Å². The van der Waals surface area contributed by atoms with E-state index in [1.54, 1.807) is 0 Å².